The van der Waals surface area contributed by atoms with Gasteiger partial charge >= 0.3 is 0 Å². The third-order valence-electron chi connectivity index (χ3n) is 11.1. The van der Waals surface area contributed by atoms with Gasteiger partial charge in [0.05, 0.1) is 34.4 Å². The van der Waals surface area contributed by atoms with E-state index in [0.29, 0.717) is 5.56 Å². The molecule has 10 rings (SSSR count). The summed E-state index contributed by atoms with van der Waals surface area (Å²) in [5.74, 6) is 0. The molecule has 3 aromatic heterocycles. The third kappa shape index (κ3) is 5.71. The summed E-state index contributed by atoms with van der Waals surface area (Å²) in [6.07, 6.45) is 11.6. The van der Waals surface area contributed by atoms with E-state index in [1.54, 1.807) is 0 Å². The van der Waals surface area contributed by atoms with Gasteiger partial charge in [-0.25, -0.2) is 9.97 Å². The quantitative estimate of drug-likeness (QED) is 0.179. The summed E-state index contributed by atoms with van der Waals surface area (Å²) < 4.78 is 0. The molecule has 8 bridgehead atoms. The van der Waals surface area contributed by atoms with Gasteiger partial charge in [0.1, 0.15) is 0 Å². The van der Waals surface area contributed by atoms with Gasteiger partial charge in [-0.15, -0.1) is 0 Å². The van der Waals surface area contributed by atoms with E-state index in [-0.39, 0.29) is 0 Å². The van der Waals surface area contributed by atoms with Crippen LogP contribution in [0.5, 0.6) is 0 Å². The number of rotatable bonds is 6. The van der Waals surface area contributed by atoms with Gasteiger partial charge in [0.15, 0.2) is 0 Å². The maximum atomic E-state index is 9.67. The largest absolute Gasteiger partial charge is 0.355 e. The van der Waals surface area contributed by atoms with Crippen LogP contribution in [0.25, 0.3) is 101 Å². The highest BCUT2D eigenvalue weighted by atomic mass is 14.8. The first-order chi connectivity index (χ1) is 27.7. The highest BCUT2D eigenvalue weighted by Gasteiger charge is 2.20. The second kappa shape index (κ2) is 13.8. The minimum Gasteiger partial charge on any atom is -0.355 e. The van der Waals surface area contributed by atoms with Crippen molar-refractivity contribution in [3.05, 3.63) is 167 Å². The Bertz CT molecular complexity index is 3040. The molecule has 0 saturated heterocycles. The molecule has 0 amide bonds. The minimum atomic E-state index is 0.611. The number of aromatic nitrogens is 4. The number of unbranched alkanes of at least 4 members (excludes halogenated alkanes) is 1. The van der Waals surface area contributed by atoms with E-state index in [1.165, 1.54) is 27.1 Å². The lowest BCUT2D eigenvalue weighted by molar-refractivity contribution is 0.795. The molecule has 0 atom stereocenters. The number of nitrogens with one attached hydrogen (secondary N) is 2. The van der Waals surface area contributed by atoms with Gasteiger partial charge in [-0.05, 0) is 112 Å². The first kappa shape index (κ1) is 33.3. The normalized spacial score (nSPS) is 12.1. The van der Waals surface area contributed by atoms with Crippen molar-refractivity contribution in [1.29, 1.82) is 5.26 Å². The highest BCUT2D eigenvalue weighted by Crippen LogP contribution is 2.40. The van der Waals surface area contributed by atoms with Crippen LogP contribution in [0.4, 0.5) is 0 Å². The first-order valence-electron chi connectivity index (χ1n) is 19.3. The Morgan fingerprint density at radius 1 is 0.500 bits per heavy atom. The molecule has 0 unspecified atom stereocenters. The minimum absolute atomic E-state index is 0.611. The molecular weight excluding hydrogens is 683 g/mol. The molecule has 2 N–H and O–H groups in total. The summed E-state index contributed by atoms with van der Waals surface area (Å²) in [5.41, 5.74) is 15.6. The summed E-state index contributed by atoms with van der Waals surface area (Å²) in [5, 5.41) is 14.4. The molecule has 5 aromatic carbocycles. The van der Waals surface area contributed by atoms with Crippen LogP contribution in [0.3, 0.4) is 0 Å². The number of nitriles is 1. The van der Waals surface area contributed by atoms with Gasteiger partial charge in [0.2, 0.25) is 0 Å². The van der Waals surface area contributed by atoms with Crippen LogP contribution < -0.4 is 0 Å². The third-order valence-corrected chi connectivity index (χ3v) is 11.1. The van der Waals surface area contributed by atoms with E-state index in [2.05, 4.69) is 156 Å². The molecular formula is C51H37N5. The van der Waals surface area contributed by atoms with Gasteiger partial charge in [-0.1, -0.05) is 110 Å². The maximum absolute atomic E-state index is 9.67. The SMILES string of the molecule is CCCCc1c2nc(c(-c3cccc4ccccc34)c3ccc([nH]3)c(-c3ccc(C#N)cc3)c3nc(c(-c4cccc5ccccc45)c4ccc1[nH]4)C=C3)C=C2. The zero-order valence-electron chi connectivity index (χ0n) is 31.0. The Balaban J connectivity index is 1.38. The van der Waals surface area contributed by atoms with Gasteiger partial charge in [-0.2, -0.15) is 5.26 Å². The Kier molecular flexibility index (Phi) is 8.23. The molecule has 8 aromatic rings. The standard InChI is InChI=1S/C51H37N5/c1-2-3-14-40-41-23-25-45(53-41)50(38-17-8-12-33-10-4-6-15-36(33)38)47-29-27-43(55-47)49(35-21-19-32(31-52)20-22-35)44-28-30-48(56-44)51(46-26-24-42(40)54-46)39-18-9-13-34-11-5-7-16-37(34)39/h4-13,15-30,53,56H,2-3,14H2,1H3. The Morgan fingerprint density at radius 3 is 1.57 bits per heavy atom. The lowest BCUT2D eigenvalue weighted by atomic mass is 9.97. The van der Waals surface area contributed by atoms with E-state index in [9.17, 15) is 5.26 Å². The van der Waals surface area contributed by atoms with Crippen LogP contribution >= 0.6 is 0 Å². The molecule has 0 aliphatic carbocycles. The average molecular weight is 720 g/mol. The van der Waals surface area contributed by atoms with Crippen molar-refractivity contribution in [3.8, 4) is 39.4 Å². The first-order valence-corrected chi connectivity index (χ1v) is 19.3. The second-order valence-corrected chi connectivity index (χ2v) is 14.5. The van der Waals surface area contributed by atoms with Gasteiger partial charge < -0.3 is 9.97 Å². The van der Waals surface area contributed by atoms with Gasteiger partial charge in [0.25, 0.3) is 0 Å². The number of fused-ring (bicyclic) bond motifs is 10. The molecule has 0 fully saturated rings. The Labute approximate surface area is 325 Å². The van der Waals surface area contributed by atoms with Crippen molar-refractivity contribution in [2.24, 2.45) is 0 Å². The van der Waals surface area contributed by atoms with Crippen LogP contribution in [0.15, 0.2) is 133 Å². The van der Waals surface area contributed by atoms with Crippen molar-refractivity contribution < 1.29 is 0 Å². The van der Waals surface area contributed by atoms with Crippen LogP contribution in [0.1, 0.15) is 53.7 Å². The zero-order chi connectivity index (χ0) is 37.6. The molecule has 2 aliphatic heterocycles. The average Bonchev–Trinajstić information content (AvgIpc) is 4.09. The van der Waals surface area contributed by atoms with Crippen LogP contribution in [-0.4, -0.2) is 19.9 Å². The molecule has 0 radical (unpaired) electrons. The molecule has 266 valence electrons. The Hall–Kier alpha value is -7.29. The molecule has 5 nitrogen and oxygen atoms in total. The van der Waals surface area contributed by atoms with Crippen molar-refractivity contribution in [1.82, 2.24) is 19.9 Å². The molecule has 0 spiro atoms. The van der Waals surface area contributed by atoms with Crippen LogP contribution in [-0.2, 0) is 6.42 Å². The summed E-state index contributed by atoms with van der Waals surface area (Å²) in [7, 11) is 0. The topological polar surface area (TPSA) is 81.2 Å². The molecule has 2 aliphatic rings. The van der Waals surface area contributed by atoms with Crippen LogP contribution in [0, 0.1) is 11.3 Å². The number of H-pyrrole nitrogens is 2. The molecule has 56 heavy (non-hydrogen) atoms. The summed E-state index contributed by atoms with van der Waals surface area (Å²) >= 11 is 0. The molecule has 5 heterocycles. The van der Waals surface area contributed by atoms with E-state index in [1.807, 2.05) is 24.3 Å². The smallest absolute Gasteiger partial charge is 0.0991 e. The summed E-state index contributed by atoms with van der Waals surface area (Å²) in [4.78, 5) is 18.7. The fourth-order valence-electron chi connectivity index (χ4n) is 8.35. The van der Waals surface area contributed by atoms with E-state index < -0.39 is 0 Å². The van der Waals surface area contributed by atoms with E-state index >= 15 is 0 Å². The fourth-order valence-corrected chi connectivity index (χ4v) is 8.35. The van der Waals surface area contributed by atoms with Crippen molar-refractivity contribution in [2.45, 2.75) is 26.2 Å². The zero-order valence-corrected chi connectivity index (χ0v) is 31.0. The summed E-state index contributed by atoms with van der Waals surface area (Å²) in [6, 6.07) is 48.9. The highest BCUT2D eigenvalue weighted by molar-refractivity contribution is 6.06. The number of nitrogens with zero attached hydrogens (tertiary/aromatic N) is 3. The molecule has 0 saturated carbocycles. The predicted octanol–water partition coefficient (Wildman–Crippen LogP) is 13.2. The van der Waals surface area contributed by atoms with Crippen molar-refractivity contribution in [2.75, 3.05) is 0 Å². The van der Waals surface area contributed by atoms with Gasteiger partial charge in [-0.3, -0.25) is 0 Å². The molecule has 5 heteroatoms. The summed E-state index contributed by atoms with van der Waals surface area (Å²) in [6.45, 7) is 2.24. The number of benzene rings is 5. The van der Waals surface area contributed by atoms with E-state index in [4.69, 9.17) is 9.97 Å². The lowest BCUT2D eigenvalue weighted by Crippen LogP contribution is -1.93. The van der Waals surface area contributed by atoms with Crippen LogP contribution in [0.2, 0.25) is 0 Å². The number of aryl methyl sites for hydroxylation is 1. The fraction of sp³-hybridized carbons (Fsp3) is 0.0784. The van der Waals surface area contributed by atoms with E-state index in [0.717, 1.165) is 97.5 Å². The maximum Gasteiger partial charge on any atom is 0.0991 e. The van der Waals surface area contributed by atoms with Gasteiger partial charge in [0, 0.05) is 44.3 Å². The number of hydrogen-bond donors (Lipinski definition) is 2. The van der Waals surface area contributed by atoms with Crippen molar-refractivity contribution >= 4 is 67.9 Å². The predicted molar refractivity (Wildman–Crippen MR) is 234 cm³/mol. The number of aromatic amines is 2. The Morgan fingerprint density at radius 2 is 0.982 bits per heavy atom. The number of hydrogen-bond acceptors (Lipinski definition) is 3. The van der Waals surface area contributed by atoms with Crippen molar-refractivity contribution in [3.63, 3.8) is 0 Å². The second-order valence-electron chi connectivity index (χ2n) is 14.5. The monoisotopic (exact) mass is 719 g/mol. The lowest BCUT2D eigenvalue weighted by Gasteiger charge is -2.09.